The molecule has 6 heteroatoms. The van der Waals surface area contributed by atoms with Crippen LogP contribution in [0.15, 0.2) is 24.3 Å². The Balaban J connectivity index is 2.14. The van der Waals surface area contributed by atoms with Gasteiger partial charge in [-0.05, 0) is 32.4 Å². The van der Waals surface area contributed by atoms with Crippen molar-refractivity contribution in [2.24, 2.45) is 5.41 Å². The van der Waals surface area contributed by atoms with Crippen LogP contribution in [0.4, 0.5) is 13.2 Å². The lowest BCUT2D eigenvalue weighted by atomic mass is 9.84. The van der Waals surface area contributed by atoms with Crippen molar-refractivity contribution >= 4 is 5.91 Å². The fourth-order valence-electron chi connectivity index (χ4n) is 2.53. The van der Waals surface area contributed by atoms with E-state index in [9.17, 15) is 18.0 Å². The van der Waals surface area contributed by atoms with E-state index in [1.54, 1.807) is 6.92 Å². The number of nitrogens with one attached hydrogen (secondary N) is 2. The van der Waals surface area contributed by atoms with E-state index in [1.807, 2.05) is 31.2 Å². The molecule has 1 aliphatic heterocycles. The third-order valence-electron chi connectivity index (χ3n) is 4.06. The van der Waals surface area contributed by atoms with E-state index in [2.05, 4.69) is 10.6 Å². The van der Waals surface area contributed by atoms with Crippen LogP contribution in [0.25, 0.3) is 0 Å². The maximum atomic E-state index is 13.3. The minimum absolute atomic E-state index is 0.200. The highest BCUT2D eigenvalue weighted by molar-refractivity contribution is 5.84. The van der Waals surface area contributed by atoms with Crippen molar-refractivity contribution < 1.29 is 18.0 Å². The molecule has 0 radical (unpaired) electrons. The first-order chi connectivity index (χ1) is 9.76. The summed E-state index contributed by atoms with van der Waals surface area (Å²) in [6.07, 6.45) is -4.77. The molecular formula is C15H19F3N2O. The number of carbonyl (C=O) groups is 1. The Morgan fingerprint density at radius 1 is 1.33 bits per heavy atom. The zero-order chi connectivity index (χ0) is 15.7. The molecule has 0 saturated carbocycles. The predicted octanol–water partition coefficient (Wildman–Crippen LogP) is 2.71. The van der Waals surface area contributed by atoms with Gasteiger partial charge in [0, 0.05) is 6.54 Å². The number of alkyl halides is 3. The van der Waals surface area contributed by atoms with Gasteiger partial charge in [-0.2, -0.15) is 13.2 Å². The van der Waals surface area contributed by atoms with E-state index in [0.717, 1.165) is 11.1 Å². The second kappa shape index (κ2) is 5.67. The Hall–Kier alpha value is -1.56. The minimum Gasteiger partial charge on any atom is -0.349 e. The van der Waals surface area contributed by atoms with Gasteiger partial charge in [-0.1, -0.05) is 29.8 Å². The van der Waals surface area contributed by atoms with Crippen LogP contribution in [0.2, 0.25) is 0 Å². The SMILES string of the molecule is Cc1ccc([C@H](C)NC(=O)C2(C(F)(F)F)CCNC2)cc1. The summed E-state index contributed by atoms with van der Waals surface area (Å²) in [4.78, 5) is 12.2. The molecular weight excluding hydrogens is 281 g/mol. The number of hydrogen-bond donors (Lipinski definition) is 2. The van der Waals surface area contributed by atoms with E-state index in [4.69, 9.17) is 0 Å². The molecule has 0 spiro atoms. The average Bonchev–Trinajstić information content (AvgIpc) is 2.89. The molecule has 1 heterocycles. The first-order valence-corrected chi connectivity index (χ1v) is 6.91. The molecule has 1 aromatic carbocycles. The quantitative estimate of drug-likeness (QED) is 0.901. The van der Waals surface area contributed by atoms with Gasteiger partial charge in [-0.15, -0.1) is 0 Å². The first-order valence-electron chi connectivity index (χ1n) is 6.91. The lowest BCUT2D eigenvalue weighted by Gasteiger charge is -2.31. The third-order valence-corrected chi connectivity index (χ3v) is 4.06. The van der Waals surface area contributed by atoms with Crippen molar-refractivity contribution in [1.29, 1.82) is 0 Å². The van der Waals surface area contributed by atoms with Crippen LogP contribution >= 0.6 is 0 Å². The summed E-state index contributed by atoms with van der Waals surface area (Å²) in [5.74, 6) is -0.951. The summed E-state index contributed by atoms with van der Waals surface area (Å²) in [7, 11) is 0. The Bertz CT molecular complexity index is 505. The van der Waals surface area contributed by atoms with Crippen molar-refractivity contribution in [3.05, 3.63) is 35.4 Å². The van der Waals surface area contributed by atoms with E-state index in [0.29, 0.717) is 0 Å². The Kier molecular flexibility index (Phi) is 4.27. The average molecular weight is 300 g/mol. The van der Waals surface area contributed by atoms with E-state index in [1.165, 1.54) is 0 Å². The molecule has 2 rings (SSSR count). The van der Waals surface area contributed by atoms with Crippen molar-refractivity contribution in [2.45, 2.75) is 32.5 Å². The molecule has 3 nitrogen and oxygen atoms in total. The summed E-state index contributed by atoms with van der Waals surface area (Å²) in [5.41, 5.74) is -0.465. The van der Waals surface area contributed by atoms with Gasteiger partial charge in [0.15, 0.2) is 5.41 Å². The van der Waals surface area contributed by atoms with E-state index in [-0.39, 0.29) is 19.5 Å². The number of aryl methyl sites for hydroxylation is 1. The summed E-state index contributed by atoms with van der Waals surface area (Å²) >= 11 is 0. The van der Waals surface area contributed by atoms with Gasteiger partial charge in [-0.25, -0.2) is 0 Å². The van der Waals surface area contributed by atoms with Gasteiger partial charge in [0.2, 0.25) is 5.91 Å². The molecule has 0 bridgehead atoms. The highest BCUT2D eigenvalue weighted by Gasteiger charge is 2.61. The first kappa shape index (κ1) is 15.8. The Labute approximate surface area is 121 Å². The van der Waals surface area contributed by atoms with Crippen LogP contribution in [-0.4, -0.2) is 25.2 Å². The Morgan fingerprint density at radius 3 is 2.43 bits per heavy atom. The van der Waals surface area contributed by atoms with Gasteiger partial charge < -0.3 is 10.6 Å². The normalized spacial score (nSPS) is 23.9. The number of halogens is 3. The summed E-state index contributed by atoms with van der Waals surface area (Å²) in [5, 5.41) is 5.15. The lowest BCUT2D eigenvalue weighted by molar-refractivity contribution is -0.216. The molecule has 1 aliphatic rings. The van der Waals surface area contributed by atoms with Gasteiger partial charge in [0.25, 0.3) is 0 Å². The molecule has 0 aromatic heterocycles. The number of carbonyl (C=O) groups excluding carboxylic acids is 1. The highest BCUT2D eigenvalue weighted by atomic mass is 19.4. The zero-order valence-electron chi connectivity index (χ0n) is 12.1. The summed E-state index contributed by atoms with van der Waals surface area (Å²) in [6.45, 7) is 3.46. The van der Waals surface area contributed by atoms with Crippen LogP contribution in [0.1, 0.15) is 30.5 Å². The smallest absolute Gasteiger partial charge is 0.349 e. The topological polar surface area (TPSA) is 41.1 Å². The second-order valence-corrected chi connectivity index (χ2v) is 5.61. The van der Waals surface area contributed by atoms with E-state index < -0.39 is 23.5 Å². The molecule has 21 heavy (non-hydrogen) atoms. The van der Waals surface area contributed by atoms with E-state index >= 15 is 0 Å². The molecule has 116 valence electrons. The predicted molar refractivity (Wildman–Crippen MR) is 73.7 cm³/mol. The Morgan fingerprint density at radius 2 is 1.95 bits per heavy atom. The van der Waals surface area contributed by atoms with Crippen LogP contribution in [0, 0.1) is 12.3 Å². The second-order valence-electron chi connectivity index (χ2n) is 5.61. The molecule has 0 aliphatic carbocycles. The molecule has 2 atom stereocenters. The molecule has 2 N–H and O–H groups in total. The fraction of sp³-hybridized carbons (Fsp3) is 0.533. The molecule has 1 amide bonds. The number of benzene rings is 1. The van der Waals surface area contributed by atoms with Gasteiger partial charge in [-0.3, -0.25) is 4.79 Å². The zero-order valence-corrected chi connectivity index (χ0v) is 12.1. The van der Waals surface area contributed by atoms with Crippen molar-refractivity contribution in [3.8, 4) is 0 Å². The molecule has 1 aromatic rings. The van der Waals surface area contributed by atoms with Crippen LogP contribution in [-0.2, 0) is 4.79 Å². The van der Waals surface area contributed by atoms with Crippen molar-refractivity contribution in [2.75, 3.05) is 13.1 Å². The lowest BCUT2D eigenvalue weighted by Crippen LogP contribution is -2.52. The van der Waals surface area contributed by atoms with Crippen LogP contribution < -0.4 is 10.6 Å². The van der Waals surface area contributed by atoms with Crippen molar-refractivity contribution in [3.63, 3.8) is 0 Å². The molecule has 1 fully saturated rings. The monoisotopic (exact) mass is 300 g/mol. The number of amides is 1. The minimum atomic E-state index is -4.55. The number of hydrogen-bond acceptors (Lipinski definition) is 2. The van der Waals surface area contributed by atoms with Crippen LogP contribution in [0.3, 0.4) is 0 Å². The van der Waals surface area contributed by atoms with Crippen LogP contribution in [0.5, 0.6) is 0 Å². The maximum Gasteiger partial charge on any atom is 0.404 e. The van der Waals surface area contributed by atoms with Gasteiger partial charge in [0.1, 0.15) is 0 Å². The number of rotatable bonds is 3. The highest BCUT2D eigenvalue weighted by Crippen LogP contribution is 2.43. The third kappa shape index (κ3) is 3.05. The van der Waals surface area contributed by atoms with Crippen molar-refractivity contribution in [1.82, 2.24) is 10.6 Å². The fourth-order valence-corrected chi connectivity index (χ4v) is 2.53. The van der Waals surface area contributed by atoms with Gasteiger partial charge >= 0.3 is 6.18 Å². The standard InChI is InChI=1S/C15H19F3N2O/c1-10-3-5-12(6-4-10)11(2)20-13(21)14(15(16,17)18)7-8-19-9-14/h3-6,11,19H,7-9H2,1-2H3,(H,20,21)/t11-,14?/m0/s1. The summed E-state index contributed by atoms with van der Waals surface area (Å²) < 4.78 is 39.8. The summed E-state index contributed by atoms with van der Waals surface area (Å²) in [6, 6.07) is 6.90. The van der Waals surface area contributed by atoms with Gasteiger partial charge in [0.05, 0.1) is 6.04 Å². The molecule has 1 saturated heterocycles. The largest absolute Gasteiger partial charge is 0.404 e. The maximum absolute atomic E-state index is 13.3. The molecule has 1 unspecified atom stereocenters.